The van der Waals surface area contributed by atoms with Crippen LogP contribution < -0.4 is 0 Å². The highest BCUT2D eigenvalue weighted by atomic mass is 16.3. The van der Waals surface area contributed by atoms with E-state index in [0.29, 0.717) is 0 Å². The monoisotopic (exact) mass is 202 g/mol. The molecule has 15 heavy (non-hydrogen) atoms. The maximum absolute atomic E-state index is 10.6. The van der Waals surface area contributed by atoms with Gasteiger partial charge in [-0.1, -0.05) is 55.5 Å². The Morgan fingerprint density at radius 1 is 1.33 bits per heavy atom. The number of allylic oxidation sites excluding steroid dienone is 1. The molecule has 0 fully saturated rings. The van der Waals surface area contributed by atoms with E-state index in [9.17, 15) is 5.11 Å². The van der Waals surface area contributed by atoms with Crippen LogP contribution >= 0.6 is 0 Å². The molecule has 0 amide bonds. The normalized spacial score (nSPS) is 17.3. The maximum atomic E-state index is 10.6. The summed E-state index contributed by atoms with van der Waals surface area (Å²) in [5.74, 6) is -0.0175. The molecule has 0 heterocycles. The Morgan fingerprint density at radius 3 is 2.40 bits per heavy atom. The smallest absolute Gasteiger partial charge is 0.114 e. The van der Waals surface area contributed by atoms with E-state index >= 15 is 0 Å². The zero-order valence-corrected chi connectivity index (χ0v) is 9.35. The predicted octanol–water partition coefficient (Wildman–Crippen LogP) is 3.27. The van der Waals surface area contributed by atoms with Crippen molar-refractivity contribution in [2.24, 2.45) is 5.92 Å². The Bertz CT molecular complexity index is 340. The highest BCUT2D eigenvalue weighted by Gasteiger charge is 2.30. The zero-order chi connectivity index (χ0) is 11.3. The average Bonchev–Trinajstić information content (AvgIpc) is 2.29. The minimum absolute atomic E-state index is 0.0175. The van der Waals surface area contributed by atoms with Crippen LogP contribution in [0.3, 0.4) is 0 Å². The molecule has 0 aliphatic carbocycles. The third-order valence-electron chi connectivity index (χ3n) is 2.70. The molecule has 0 radical (unpaired) electrons. The van der Waals surface area contributed by atoms with Gasteiger partial charge < -0.3 is 5.11 Å². The summed E-state index contributed by atoms with van der Waals surface area (Å²) in [7, 11) is 0. The van der Waals surface area contributed by atoms with Crippen LogP contribution in [0, 0.1) is 5.92 Å². The van der Waals surface area contributed by atoms with Crippen LogP contribution in [0.5, 0.6) is 0 Å². The van der Waals surface area contributed by atoms with Gasteiger partial charge in [0.15, 0.2) is 0 Å². The van der Waals surface area contributed by atoms with Gasteiger partial charge in [-0.05, 0) is 12.5 Å². The number of rotatable bonds is 4. The summed E-state index contributed by atoms with van der Waals surface area (Å²) in [6, 6.07) is 9.66. The van der Waals surface area contributed by atoms with E-state index in [1.807, 2.05) is 56.3 Å². The van der Waals surface area contributed by atoms with Crippen molar-refractivity contribution in [2.45, 2.75) is 19.4 Å². The molecule has 0 spiro atoms. The van der Waals surface area contributed by atoms with Gasteiger partial charge in [0.1, 0.15) is 5.60 Å². The summed E-state index contributed by atoms with van der Waals surface area (Å²) in [5.41, 5.74) is -0.0481. The molecule has 0 aliphatic rings. The quantitative estimate of drug-likeness (QED) is 0.743. The fourth-order valence-corrected chi connectivity index (χ4v) is 1.65. The first-order valence-corrected chi connectivity index (χ1v) is 5.19. The summed E-state index contributed by atoms with van der Waals surface area (Å²) in [5, 5.41) is 10.6. The van der Waals surface area contributed by atoms with Gasteiger partial charge in [0.25, 0.3) is 0 Å². The van der Waals surface area contributed by atoms with Crippen molar-refractivity contribution in [3.8, 4) is 0 Å². The summed E-state index contributed by atoms with van der Waals surface area (Å²) < 4.78 is 0. The van der Waals surface area contributed by atoms with Crippen LogP contribution in [0.25, 0.3) is 0 Å². The number of hydrogen-bond donors (Lipinski definition) is 1. The largest absolute Gasteiger partial charge is 0.380 e. The molecule has 80 valence electrons. The molecular weight excluding hydrogens is 184 g/mol. The summed E-state index contributed by atoms with van der Waals surface area (Å²) in [4.78, 5) is 0. The second-order valence-electron chi connectivity index (χ2n) is 3.72. The summed E-state index contributed by atoms with van der Waals surface area (Å²) >= 11 is 0. The second kappa shape index (κ2) is 4.94. The van der Waals surface area contributed by atoms with E-state index in [4.69, 9.17) is 0 Å². The first kappa shape index (κ1) is 11.7. The molecular formula is C14H18O. The molecule has 1 aromatic rings. The Labute approximate surface area is 91.8 Å². The van der Waals surface area contributed by atoms with E-state index in [1.165, 1.54) is 0 Å². The molecule has 1 heteroatoms. The number of benzene rings is 1. The third-order valence-corrected chi connectivity index (χ3v) is 2.70. The SMILES string of the molecule is C=C[C@@H](C)[C@](O)(/C=C/C)c1ccccc1. The molecule has 0 unspecified atom stereocenters. The van der Waals surface area contributed by atoms with Gasteiger partial charge >= 0.3 is 0 Å². The van der Waals surface area contributed by atoms with E-state index in [2.05, 4.69) is 6.58 Å². The molecule has 0 aliphatic heterocycles. The molecule has 0 bridgehead atoms. The Hall–Kier alpha value is -1.34. The fraction of sp³-hybridized carbons (Fsp3) is 0.286. The second-order valence-corrected chi connectivity index (χ2v) is 3.72. The predicted molar refractivity (Wildman–Crippen MR) is 64.5 cm³/mol. The molecule has 1 nitrogen and oxygen atoms in total. The number of aliphatic hydroxyl groups is 1. The minimum atomic E-state index is -0.947. The van der Waals surface area contributed by atoms with Crippen molar-refractivity contribution in [3.05, 3.63) is 60.7 Å². The first-order valence-electron chi connectivity index (χ1n) is 5.19. The van der Waals surface area contributed by atoms with E-state index in [0.717, 1.165) is 5.56 Å². The number of hydrogen-bond acceptors (Lipinski definition) is 1. The van der Waals surface area contributed by atoms with Crippen molar-refractivity contribution >= 4 is 0 Å². The van der Waals surface area contributed by atoms with Crippen molar-refractivity contribution in [3.63, 3.8) is 0 Å². The lowest BCUT2D eigenvalue weighted by atomic mass is 9.82. The summed E-state index contributed by atoms with van der Waals surface area (Å²) in [6.07, 6.45) is 5.45. The Balaban J connectivity index is 3.18. The molecule has 1 N–H and O–H groups in total. The van der Waals surface area contributed by atoms with Gasteiger partial charge in [0.2, 0.25) is 0 Å². The minimum Gasteiger partial charge on any atom is -0.380 e. The Morgan fingerprint density at radius 2 is 1.93 bits per heavy atom. The molecule has 0 saturated heterocycles. The lowest BCUT2D eigenvalue weighted by Gasteiger charge is -2.30. The van der Waals surface area contributed by atoms with Crippen LogP contribution in [-0.2, 0) is 5.60 Å². The molecule has 2 atom stereocenters. The third kappa shape index (κ3) is 2.37. The molecule has 0 aromatic heterocycles. The molecule has 1 rings (SSSR count). The van der Waals surface area contributed by atoms with Crippen LogP contribution in [0.1, 0.15) is 19.4 Å². The van der Waals surface area contributed by atoms with Crippen molar-refractivity contribution in [1.29, 1.82) is 0 Å². The fourth-order valence-electron chi connectivity index (χ4n) is 1.65. The standard InChI is InChI=1S/C14H18O/c1-4-11-14(15,12(3)5-2)13-9-7-6-8-10-13/h4-12,15H,2H2,1,3H3/b11-4+/t12-,14-/m1/s1. The van der Waals surface area contributed by atoms with Crippen LogP contribution in [0.4, 0.5) is 0 Å². The topological polar surface area (TPSA) is 20.2 Å². The molecule has 1 aromatic carbocycles. The first-order chi connectivity index (χ1) is 7.15. The summed E-state index contributed by atoms with van der Waals surface area (Å²) in [6.45, 7) is 7.61. The van der Waals surface area contributed by atoms with Crippen molar-refractivity contribution in [2.75, 3.05) is 0 Å². The lowest BCUT2D eigenvalue weighted by Crippen LogP contribution is -2.30. The van der Waals surface area contributed by atoms with E-state index < -0.39 is 5.60 Å². The van der Waals surface area contributed by atoms with Crippen molar-refractivity contribution in [1.82, 2.24) is 0 Å². The van der Waals surface area contributed by atoms with Crippen molar-refractivity contribution < 1.29 is 5.11 Å². The van der Waals surface area contributed by atoms with Gasteiger partial charge in [0, 0.05) is 5.92 Å². The van der Waals surface area contributed by atoms with Crippen LogP contribution in [-0.4, -0.2) is 5.11 Å². The van der Waals surface area contributed by atoms with Gasteiger partial charge in [-0.25, -0.2) is 0 Å². The molecule has 0 saturated carbocycles. The highest BCUT2D eigenvalue weighted by Crippen LogP contribution is 2.31. The van der Waals surface area contributed by atoms with Gasteiger partial charge in [-0.3, -0.25) is 0 Å². The van der Waals surface area contributed by atoms with E-state index in [1.54, 1.807) is 6.08 Å². The zero-order valence-electron chi connectivity index (χ0n) is 9.35. The van der Waals surface area contributed by atoms with Crippen LogP contribution in [0.2, 0.25) is 0 Å². The van der Waals surface area contributed by atoms with Gasteiger partial charge in [-0.2, -0.15) is 0 Å². The highest BCUT2D eigenvalue weighted by molar-refractivity contribution is 5.29. The van der Waals surface area contributed by atoms with Gasteiger partial charge in [-0.15, -0.1) is 6.58 Å². The maximum Gasteiger partial charge on any atom is 0.114 e. The average molecular weight is 202 g/mol. The van der Waals surface area contributed by atoms with Crippen LogP contribution in [0.15, 0.2) is 55.1 Å². The van der Waals surface area contributed by atoms with E-state index in [-0.39, 0.29) is 5.92 Å². The lowest BCUT2D eigenvalue weighted by molar-refractivity contribution is 0.0518. The Kier molecular flexibility index (Phi) is 3.87. The van der Waals surface area contributed by atoms with Gasteiger partial charge in [0.05, 0.1) is 0 Å².